The number of carbonyl (C=O) groups is 3. The van der Waals surface area contributed by atoms with E-state index in [9.17, 15) is 14.4 Å². The van der Waals surface area contributed by atoms with Gasteiger partial charge in [-0.3, -0.25) is 9.59 Å². The quantitative estimate of drug-likeness (QED) is 0.725. The van der Waals surface area contributed by atoms with Gasteiger partial charge >= 0.3 is 6.03 Å². The Bertz CT molecular complexity index is 334. The summed E-state index contributed by atoms with van der Waals surface area (Å²) < 4.78 is 0. The summed E-state index contributed by atoms with van der Waals surface area (Å²) in [7, 11) is 0. The monoisotopic (exact) mass is 228 g/mol. The molecule has 0 bridgehead atoms. The second-order valence-corrected chi connectivity index (χ2v) is 4.30. The lowest BCUT2D eigenvalue weighted by molar-refractivity contribution is -0.110. The normalized spacial score (nSPS) is 15.5. The van der Waals surface area contributed by atoms with Gasteiger partial charge in [0, 0.05) is 18.3 Å². The number of nitrogens with one attached hydrogen (secondary N) is 1. The largest absolute Gasteiger partial charge is 0.334 e. The van der Waals surface area contributed by atoms with Crippen LogP contribution in [0, 0.1) is 0 Å². The minimum atomic E-state index is -0.518. The van der Waals surface area contributed by atoms with E-state index >= 15 is 0 Å². The van der Waals surface area contributed by atoms with Crippen molar-refractivity contribution in [2.24, 2.45) is 0 Å². The lowest BCUT2D eigenvalue weighted by Crippen LogP contribution is -2.40. The van der Waals surface area contributed by atoms with Crippen LogP contribution in [0.25, 0.3) is 0 Å². The van der Waals surface area contributed by atoms with Crippen molar-refractivity contribution in [1.29, 1.82) is 0 Å². The van der Waals surface area contributed by atoms with Gasteiger partial charge in [0.05, 0.1) is 0 Å². The third-order valence-electron chi connectivity index (χ3n) is 1.72. The molecule has 1 heterocycles. The van der Waals surface area contributed by atoms with Crippen molar-refractivity contribution in [3.63, 3.8) is 0 Å². The van der Waals surface area contributed by atoms with Crippen LogP contribution in [0.1, 0.15) is 13.8 Å². The molecule has 0 atom stereocenters. The lowest BCUT2D eigenvalue weighted by Gasteiger charge is -2.11. The Morgan fingerprint density at radius 1 is 1.53 bits per heavy atom. The Morgan fingerprint density at radius 2 is 2.20 bits per heavy atom. The van der Waals surface area contributed by atoms with Gasteiger partial charge in [0.1, 0.15) is 6.54 Å². The fourth-order valence-electron chi connectivity index (χ4n) is 0.971. The van der Waals surface area contributed by atoms with Gasteiger partial charge in [0.2, 0.25) is 5.12 Å². The molecule has 0 aromatic rings. The van der Waals surface area contributed by atoms with Crippen LogP contribution in [0.5, 0.6) is 0 Å². The average molecular weight is 228 g/mol. The summed E-state index contributed by atoms with van der Waals surface area (Å²) in [5.74, 6) is 0. The Labute approximate surface area is 91.9 Å². The number of carbonyl (C=O) groups excluding carboxylic acids is 3. The second-order valence-electron chi connectivity index (χ2n) is 3.29. The molecule has 0 aromatic carbocycles. The Hall–Kier alpha value is -1.30. The van der Waals surface area contributed by atoms with Crippen molar-refractivity contribution in [2.75, 3.05) is 13.1 Å². The number of allylic oxidation sites excluding steroid dienone is 1. The Balaban J connectivity index is 2.44. The van der Waals surface area contributed by atoms with Crippen LogP contribution in [-0.2, 0) is 4.79 Å². The van der Waals surface area contributed by atoms with Gasteiger partial charge in [0.15, 0.2) is 0 Å². The van der Waals surface area contributed by atoms with Gasteiger partial charge in [-0.2, -0.15) is 0 Å². The third-order valence-corrected chi connectivity index (χ3v) is 2.47. The summed E-state index contributed by atoms with van der Waals surface area (Å²) in [4.78, 5) is 34.3. The fraction of sp³-hybridized carbons (Fsp3) is 0.444. The van der Waals surface area contributed by atoms with Gasteiger partial charge < -0.3 is 5.32 Å². The zero-order valence-electron chi connectivity index (χ0n) is 8.57. The molecule has 1 aliphatic heterocycles. The summed E-state index contributed by atoms with van der Waals surface area (Å²) in [5.41, 5.74) is 1.08. The fourth-order valence-corrected chi connectivity index (χ4v) is 1.62. The van der Waals surface area contributed by atoms with Crippen LogP contribution in [0.15, 0.2) is 11.6 Å². The number of urea groups is 1. The molecular weight excluding hydrogens is 216 g/mol. The van der Waals surface area contributed by atoms with E-state index in [1.54, 1.807) is 0 Å². The van der Waals surface area contributed by atoms with Crippen LogP contribution in [-0.4, -0.2) is 34.4 Å². The molecule has 3 amide bonds. The van der Waals surface area contributed by atoms with Crippen LogP contribution in [0.2, 0.25) is 0 Å². The second kappa shape index (κ2) is 4.97. The first-order chi connectivity index (χ1) is 7.00. The molecule has 0 aliphatic carbocycles. The molecule has 1 rings (SSSR count). The van der Waals surface area contributed by atoms with Crippen molar-refractivity contribution in [2.45, 2.75) is 13.8 Å². The summed E-state index contributed by atoms with van der Waals surface area (Å²) in [6, 6.07) is -0.518. The number of amides is 3. The molecule has 1 saturated heterocycles. The summed E-state index contributed by atoms with van der Waals surface area (Å²) >= 11 is 0.568. The first-order valence-corrected chi connectivity index (χ1v) is 5.25. The summed E-state index contributed by atoms with van der Waals surface area (Å²) in [6.07, 6.45) is 1.83. The van der Waals surface area contributed by atoms with Gasteiger partial charge in [-0.05, 0) is 13.8 Å². The third kappa shape index (κ3) is 3.39. The smallest absolute Gasteiger partial charge is 0.325 e. The lowest BCUT2D eigenvalue weighted by atomic mass is 10.3. The average Bonchev–Trinajstić information content (AvgIpc) is 2.44. The first-order valence-electron chi connectivity index (χ1n) is 4.44. The first kappa shape index (κ1) is 11.8. The highest BCUT2D eigenvalue weighted by molar-refractivity contribution is 8.26. The maximum atomic E-state index is 11.4. The molecule has 1 aliphatic rings. The van der Waals surface area contributed by atoms with Crippen molar-refractivity contribution in [3.05, 3.63) is 11.6 Å². The highest BCUT2D eigenvalue weighted by atomic mass is 32.2. The van der Waals surface area contributed by atoms with Crippen LogP contribution in [0.3, 0.4) is 0 Å². The highest BCUT2D eigenvalue weighted by Crippen LogP contribution is 2.18. The molecule has 0 spiro atoms. The molecular formula is C9H12N2O3S. The molecule has 82 valence electrons. The zero-order valence-corrected chi connectivity index (χ0v) is 9.39. The van der Waals surface area contributed by atoms with Crippen LogP contribution < -0.4 is 5.32 Å². The Morgan fingerprint density at radius 3 is 2.67 bits per heavy atom. The van der Waals surface area contributed by atoms with Gasteiger partial charge in [-0.15, -0.1) is 0 Å². The van der Waals surface area contributed by atoms with E-state index in [4.69, 9.17) is 0 Å². The number of hydrogen-bond donors (Lipinski definition) is 1. The predicted molar refractivity (Wildman–Crippen MR) is 57.5 cm³/mol. The zero-order chi connectivity index (χ0) is 11.4. The topological polar surface area (TPSA) is 66.5 Å². The maximum Gasteiger partial charge on any atom is 0.325 e. The van der Waals surface area contributed by atoms with Crippen molar-refractivity contribution >= 4 is 28.1 Å². The molecule has 15 heavy (non-hydrogen) atoms. The minimum Gasteiger partial charge on any atom is -0.334 e. The number of rotatable bonds is 2. The van der Waals surface area contributed by atoms with E-state index in [0.717, 1.165) is 10.5 Å². The van der Waals surface area contributed by atoms with E-state index in [1.165, 1.54) is 0 Å². The van der Waals surface area contributed by atoms with Gasteiger partial charge in [0.25, 0.3) is 5.24 Å². The van der Waals surface area contributed by atoms with Gasteiger partial charge in [-0.25, -0.2) is 9.69 Å². The molecule has 1 fully saturated rings. The standard InChI is InChI=1S/C9H12N2O3S/c1-6(2)3-4-10-8(13)11-5-7(12)15-9(11)14/h3H,4-5H2,1-2H3,(H,10,13). The molecule has 0 radical (unpaired) electrons. The molecule has 1 N–H and O–H groups in total. The van der Waals surface area contributed by atoms with Crippen molar-refractivity contribution in [3.8, 4) is 0 Å². The number of thioether (sulfide) groups is 1. The van der Waals surface area contributed by atoms with E-state index in [-0.39, 0.29) is 11.7 Å². The summed E-state index contributed by atoms with van der Waals surface area (Å²) in [5, 5.41) is 1.73. The SMILES string of the molecule is CC(C)=CCNC(=O)N1CC(=O)SC1=O. The Kier molecular flexibility index (Phi) is 3.90. The summed E-state index contributed by atoms with van der Waals surface area (Å²) in [6.45, 7) is 4.05. The molecule has 0 saturated carbocycles. The van der Waals surface area contributed by atoms with Crippen molar-refractivity contribution in [1.82, 2.24) is 10.2 Å². The van der Waals surface area contributed by atoms with E-state index in [1.807, 2.05) is 19.9 Å². The van der Waals surface area contributed by atoms with Crippen molar-refractivity contribution < 1.29 is 14.4 Å². The molecule has 0 aromatic heterocycles. The van der Waals surface area contributed by atoms with Gasteiger partial charge in [-0.1, -0.05) is 11.6 Å². The number of nitrogens with zero attached hydrogens (tertiary/aromatic N) is 1. The van der Waals surface area contributed by atoms with E-state index in [0.29, 0.717) is 18.3 Å². The molecule has 0 unspecified atom stereocenters. The van der Waals surface area contributed by atoms with Crippen LogP contribution in [0.4, 0.5) is 9.59 Å². The maximum absolute atomic E-state index is 11.4. The predicted octanol–water partition coefficient (Wildman–Crippen LogP) is 1.36. The molecule has 6 heteroatoms. The van der Waals surface area contributed by atoms with E-state index in [2.05, 4.69) is 5.32 Å². The number of hydrogen-bond acceptors (Lipinski definition) is 4. The minimum absolute atomic E-state index is 0.135. The van der Waals surface area contributed by atoms with Crippen LogP contribution >= 0.6 is 11.8 Å². The van der Waals surface area contributed by atoms with E-state index < -0.39 is 11.3 Å². The molecule has 5 nitrogen and oxygen atoms in total. The highest BCUT2D eigenvalue weighted by Gasteiger charge is 2.33. The number of imide groups is 1.